The summed E-state index contributed by atoms with van der Waals surface area (Å²) in [4.78, 5) is 103. The van der Waals surface area contributed by atoms with Gasteiger partial charge in [0.15, 0.2) is 12.4 Å². The van der Waals surface area contributed by atoms with Crippen molar-refractivity contribution in [2.45, 2.75) is 91.1 Å². The summed E-state index contributed by atoms with van der Waals surface area (Å²) in [6.45, 7) is 6.24. The average molecular weight is 761 g/mol. The molecule has 0 radical (unpaired) electrons. The van der Waals surface area contributed by atoms with E-state index in [2.05, 4.69) is 16.0 Å². The number of unbranched alkanes of at least 4 members (excludes halogenated alkanes) is 2. The minimum absolute atomic E-state index is 0.0873. The third-order valence-electron chi connectivity index (χ3n) is 8.47. The number of furan rings is 1. The van der Waals surface area contributed by atoms with Gasteiger partial charge in [-0.3, -0.25) is 24.0 Å². The number of benzene rings is 1. The molecule has 0 fully saturated rings. The number of nitrogens with one attached hydrogen (secondary N) is 3. The number of rotatable bonds is 25. The van der Waals surface area contributed by atoms with Crippen LogP contribution in [0.5, 0.6) is 5.75 Å². The second-order valence-electron chi connectivity index (χ2n) is 12.2. The van der Waals surface area contributed by atoms with E-state index in [-0.39, 0.29) is 35.1 Å². The Kier molecular flexibility index (Phi) is 18.2. The van der Waals surface area contributed by atoms with E-state index in [1.807, 2.05) is 20.8 Å². The molecule has 54 heavy (non-hydrogen) atoms. The van der Waals surface area contributed by atoms with Crippen LogP contribution in [0.3, 0.4) is 0 Å². The monoisotopic (exact) mass is 760 g/mol. The van der Waals surface area contributed by atoms with Crippen molar-refractivity contribution in [3.05, 3.63) is 41.7 Å². The lowest BCUT2D eigenvalue weighted by molar-refractivity contribution is -0.208. The van der Waals surface area contributed by atoms with Crippen LogP contribution in [0.25, 0.3) is 11.3 Å². The highest BCUT2D eigenvalue weighted by atomic mass is 16.7. The van der Waals surface area contributed by atoms with Gasteiger partial charge in [-0.25, -0.2) is 14.4 Å². The van der Waals surface area contributed by atoms with Gasteiger partial charge in [-0.1, -0.05) is 53.0 Å². The molecule has 0 aliphatic heterocycles. The zero-order chi connectivity index (χ0) is 40.4. The van der Waals surface area contributed by atoms with Crippen LogP contribution >= 0.6 is 0 Å². The predicted octanol–water partition coefficient (Wildman–Crippen LogP) is 3.20. The summed E-state index contributed by atoms with van der Waals surface area (Å²) in [7, 11) is 0. The van der Waals surface area contributed by atoms with Gasteiger partial charge in [0, 0.05) is 5.56 Å². The quantitative estimate of drug-likeness (QED) is 0.0367. The lowest BCUT2D eigenvalue weighted by Crippen LogP contribution is -2.49. The highest BCUT2D eigenvalue weighted by Crippen LogP contribution is 2.29. The minimum Gasteiger partial charge on any atom is -0.481 e. The number of nitrogens with zero attached hydrogens (tertiary/aromatic N) is 1. The van der Waals surface area contributed by atoms with E-state index < -0.39 is 78.5 Å². The summed E-state index contributed by atoms with van der Waals surface area (Å²) in [5.41, 5.74) is -0.0690. The molecule has 1 aromatic carbocycles. The fourth-order valence-corrected chi connectivity index (χ4v) is 5.50. The smallest absolute Gasteiger partial charge is 0.341 e. The maximum Gasteiger partial charge on any atom is 0.341 e. The number of ether oxygens (including phenoxy) is 1. The lowest BCUT2D eigenvalue weighted by atomic mass is 9.90. The molecule has 1 aromatic heterocycles. The van der Waals surface area contributed by atoms with Crippen LogP contribution in [0.1, 0.15) is 100.0 Å². The Bertz CT molecular complexity index is 1640. The third-order valence-corrected chi connectivity index (χ3v) is 8.47. The third kappa shape index (κ3) is 13.2. The first-order valence-corrected chi connectivity index (χ1v) is 17.6. The normalized spacial score (nSPS) is 12.5. The second kappa shape index (κ2) is 22.2. The summed E-state index contributed by atoms with van der Waals surface area (Å²) < 4.78 is 10.9. The van der Waals surface area contributed by atoms with Crippen molar-refractivity contribution in [2.75, 3.05) is 13.3 Å². The number of hydrogen-bond acceptors (Lipinski definition) is 11. The molecule has 0 bridgehead atoms. The number of hydrogen-bond donors (Lipinski definition) is 6. The summed E-state index contributed by atoms with van der Waals surface area (Å²) in [5.74, 6) is -8.82. The predicted molar refractivity (Wildman–Crippen MR) is 189 cm³/mol. The molecule has 2 rings (SSSR count). The van der Waals surface area contributed by atoms with E-state index in [0.29, 0.717) is 38.5 Å². The zero-order valence-electron chi connectivity index (χ0n) is 30.6. The Balaban J connectivity index is 2.20. The van der Waals surface area contributed by atoms with Crippen molar-refractivity contribution in [1.29, 1.82) is 0 Å². The summed E-state index contributed by atoms with van der Waals surface area (Å²) in [6, 6.07) is 3.94. The van der Waals surface area contributed by atoms with Crippen LogP contribution < -0.4 is 20.7 Å². The van der Waals surface area contributed by atoms with Crippen molar-refractivity contribution in [3.63, 3.8) is 0 Å². The largest absolute Gasteiger partial charge is 0.481 e. The summed E-state index contributed by atoms with van der Waals surface area (Å²) >= 11 is 0. The van der Waals surface area contributed by atoms with Crippen LogP contribution in [-0.2, 0) is 33.6 Å². The van der Waals surface area contributed by atoms with Crippen molar-refractivity contribution in [2.24, 2.45) is 11.8 Å². The summed E-state index contributed by atoms with van der Waals surface area (Å²) in [5, 5.41) is 35.5. The van der Waals surface area contributed by atoms with Crippen LogP contribution in [0.15, 0.2) is 34.7 Å². The molecule has 18 heteroatoms. The van der Waals surface area contributed by atoms with Crippen molar-refractivity contribution < 1.29 is 67.7 Å². The molecule has 18 nitrogen and oxygen atoms in total. The first-order chi connectivity index (χ1) is 25.7. The zero-order valence-corrected chi connectivity index (χ0v) is 30.6. The topological polar surface area (TPSA) is 268 Å². The average Bonchev–Trinajstić information content (AvgIpc) is 3.63. The SMILES string of the molecule is CCCCCC(C(=O)NCNC(=O)c1ccc(-c2ccc(C(=O)NC(CC(=O)O)C(=O)O)c(OCC(=O)O)c2)o1)C(CC)N(C=O)OC(=O)C(CC)CC. The van der Waals surface area contributed by atoms with Gasteiger partial charge in [-0.15, -0.1) is 0 Å². The molecule has 3 atom stereocenters. The van der Waals surface area contributed by atoms with Crippen LogP contribution in [0.4, 0.5) is 0 Å². The van der Waals surface area contributed by atoms with E-state index in [4.69, 9.17) is 24.2 Å². The molecule has 0 saturated heterocycles. The van der Waals surface area contributed by atoms with Crippen LogP contribution in [-0.4, -0.2) is 93.8 Å². The van der Waals surface area contributed by atoms with Gasteiger partial charge in [0.1, 0.15) is 17.6 Å². The molecule has 296 valence electrons. The Labute approximate surface area is 311 Å². The molecule has 0 saturated carbocycles. The second-order valence-corrected chi connectivity index (χ2v) is 12.2. The fourth-order valence-electron chi connectivity index (χ4n) is 5.50. The maximum atomic E-state index is 13.4. The minimum atomic E-state index is -1.78. The maximum absolute atomic E-state index is 13.4. The van der Waals surface area contributed by atoms with E-state index >= 15 is 0 Å². The van der Waals surface area contributed by atoms with Gasteiger partial charge in [0.05, 0.1) is 36.5 Å². The molecule has 0 aliphatic rings. The lowest BCUT2D eigenvalue weighted by Gasteiger charge is -2.32. The Hall–Kier alpha value is -5.94. The Morgan fingerprint density at radius 3 is 2.15 bits per heavy atom. The van der Waals surface area contributed by atoms with Crippen LogP contribution in [0, 0.1) is 11.8 Å². The summed E-state index contributed by atoms with van der Waals surface area (Å²) in [6.07, 6.45) is 3.60. The molecule has 4 amide bonds. The molecule has 6 N–H and O–H groups in total. The molecule has 0 spiro atoms. The number of hydroxylamine groups is 2. The van der Waals surface area contributed by atoms with E-state index in [9.17, 15) is 43.5 Å². The van der Waals surface area contributed by atoms with Crippen molar-refractivity contribution in [1.82, 2.24) is 21.0 Å². The number of carbonyl (C=O) groups excluding carboxylic acids is 5. The van der Waals surface area contributed by atoms with Gasteiger partial charge in [-0.2, -0.15) is 5.06 Å². The first-order valence-electron chi connectivity index (χ1n) is 17.6. The van der Waals surface area contributed by atoms with Crippen molar-refractivity contribution in [3.8, 4) is 17.1 Å². The van der Waals surface area contributed by atoms with Crippen LogP contribution in [0.2, 0.25) is 0 Å². The van der Waals surface area contributed by atoms with E-state index in [0.717, 1.165) is 17.9 Å². The first kappa shape index (κ1) is 44.2. The van der Waals surface area contributed by atoms with Gasteiger partial charge >= 0.3 is 23.9 Å². The van der Waals surface area contributed by atoms with Gasteiger partial charge in [0.2, 0.25) is 12.3 Å². The number of aliphatic carboxylic acids is 3. The Morgan fingerprint density at radius 2 is 1.57 bits per heavy atom. The van der Waals surface area contributed by atoms with Gasteiger partial charge in [-0.05, 0) is 49.9 Å². The fraction of sp³-hybridized carbons (Fsp3) is 0.500. The molecule has 3 unspecified atom stereocenters. The van der Waals surface area contributed by atoms with E-state index in [1.165, 1.54) is 30.3 Å². The highest BCUT2D eigenvalue weighted by Gasteiger charge is 2.34. The van der Waals surface area contributed by atoms with Gasteiger partial charge in [0.25, 0.3) is 11.8 Å². The van der Waals surface area contributed by atoms with Crippen molar-refractivity contribution >= 4 is 48.0 Å². The molecule has 1 heterocycles. The molecular formula is C36H48N4O14. The van der Waals surface area contributed by atoms with E-state index in [1.54, 1.807) is 6.92 Å². The standard InChI is InChI=1S/C36H48N4O14/c1-5-9-10-11-23(26(8-4)40(20-41)54-36(51)21(6-2)7-3)32(46)37-19-38-34(48)28-15-14-27(53-28)22-12-13-24(29(16-22)52-18-31(44)45)33(47)39-25(35(49)50)17-30(42)43/h12-16,20-21,23,25-26H,5-11,17-19H2,1-4H3,(H,37,46)(H,38,48)(H,39,47)(H,42,43)(H,44,45)(H,49,50). The number of amides is 4. The number of carbonyl (C=O) groups is 8. The number of carboxylic acid groups (broad SMARTS) is 3. The molecular weight excluding hydrogens is 712 g/mol. The highest BCUT2D eigenvalue weighted by molar-refractivity contribution is 6.00. The molecule has 0 aliphatic carbocycles. The van der Waals surface area contributed by atoms with Gasteiger partial charge < -0.3 is 45.3 Å². The number of carboxylic acids is 3. The Morgan fingerprint density at radius 1 is 0.870 bits per heavy atom. The molecule has 2 aromatic rings.